The number of rotatable bonds is 7. The lowest BCUT2D eigenvalue weighted by Gasteiger charge is -2.30. The number of para-hydroxylation sites is 2. The summed E-state index contributed by atoms with van der Waals surface area (Å²) in [6.45, 7) is 0.387. The van der Waals surface area contributed by atoms with Crippen molar-refractivity contribution in [2.45, 2.75) is 23.8 Å². The Morgan fingerprint density at radius 1 is 0.825 bits per heavy atom. The molecule has 5 aromatic rings. The average Bonchev–Trinajstić information content (AvgIpc) is 3.44. The summed E-state index contributed by atoms with van der Waals surface area (Å²) < 4.78 is 34.2. The van der Waals surface area contributed by atoms with E-state index in [1.807, 2.05) is 54.6 Å². The van der Waals surface area contributed by atoms with Crippen LogP contribution in [0.3, 0.4) is 0 Å². The number of hydrogen-bond acceptors (Lipinski definition) is 5. The van der Waals surface area contributed by atoms with E-state index in [9.17, 15) is 18.0 Å². The molecule has 0 bridgehead atoms. The van der Waals surface area contributed by atoms with Crippen LogP contribution >= 0.6 is 0 Å². The maximum absolute atomic E-state index is 13.7. The molecule has 0 fully saturated rings. The highest BCUT2D eigenvalue weighted by atomic mass is 32.2. The fourth-order valence-corrected chi connectivity index (χ4v) is 6.67. The van der Waals surface area contributed by atoms with Gasteiger partial charge in [0.2, 0.25) is 5.78 Å². The number of hydrogen-bond donors (Lipinski definition) is 1. The molecule has 0 saturated heterocycles. The van der Waals surface area contributed by atoms with Gasteiger partial charge in [-0.25, -0.2) is 13.2 Å². The Morgan fingerprint density at radius 3 is 2.33 bits per heavy atom. The molecule has 8 heteroatoms. The Morgan fingerprint density at radius 2 is 1.52 bits per heavy atom. The van der Waals surface area contributed by atoms with Gasteiger partial charge in [-0.2, -0.15) is 0 Å². The van der Waals surface area contributed by atoms with Crippen molar-refractivity contribution in [1.82, 2.24) is 4.98 Å². The smallest absolute Gasteiger partial charge is 0.339 e. The molecule has 1 N–H and O–H groups in total. The number of sulfonamides is 1. The standard InChI is InChI=1S/C32H26N2O5S/c35-30(27-21-33-28-14-6-5-13-26(27)28)31(23-10-2-1-3-11-23)39-32(36)24-16-18-25(19-17-24)40(37,38)34-20-8-12-22-9-4-7-15-29(22)34/h1-7,9-11,13-19,21,31,33H,8,12,20H2/t31-/m0/s1. The monoisotopic (exact) mass is 550 g/mol. The Bertz CT molecular complexity index is 1810. The second-order valence-corrected chi connectivity index (χ2v) is 11.5. The van der Waals surface area contributed by atoms with Crippen LogP contribution in [0.25, 0.3) is 10.9 Å². The minimum atomic E-state index is -3.82. The highest BCUT2D eigenvalue weighted by Gasteiger charge is 2.31. The normalized spacial score (nSPS) is 13.9. The molecule has 0 aliphatic carbocycles. The number of ketones is 1. The number of fused-ring (bicyclic) bond motifs is 2. The molecule has 0 radical (unpaired) electrons. The molecule has 7 nitrogen and oxygen atoms in total. The first-order valence-electron chi connectivity index (χ1n) is 13.0. The van der Waals surface area contributed by atoms with E-state index in [-0.39, 0.29) is 16.2 Å². The summed E-state index contributed by atoms with van der Waals surface area (Å²) in [5, 5.41) is 0.735. The SMILES string of the molecule is O=C(O[C@H](C(=O)c1c[nH]c2ccccc12)c1ccccc1)c1ccc(S(=O)(=O)N2CCCc3ccccc32)cc1. The lowest BCUT2D eigenvalue weighted by atomic mass is 9.99. The summed E-state index contributed by atoms with van der Waals surface area (Å²) in [7, 11) is -3.82. The van der Waals surface area contributed by atoms with Crippen molar-refractivity contribution < 1.29 is 22.7 Å². The molecule has 0 spiro atoms. The number of aromatic amines is 1. The summed E-state index contributed by atoms with van der Waals surface area (Å²) in [4.78, 5) is 30.1. The minimum absolute atomic E-state index is 0.0789. The van der Waals surface area contributed by atoms with Crippen molar-refractivity contribution in [3.63, 3.8) is 0 Å². The van der Waals surface area contributed by atoms with Crippen molar-refractivity contribution in [3.05, 3.63) is 132 Å². The first kappa shape index (κ1) is 25.6. The van der Waals surface area contributed by atoms with Gasteiger partial charge in [0, 0.05) is 34.8 Å². The van der Waals surface area contributed by atoms with Gasteiger partial charge in [-0.15, -0.1) is 0 Å². The van der Waals surface area contributed by atoms with Gasteiger partial charge in [0.1, 0.15) is 0 Å². The predicted molar refractivity (Wildman–Crippen MR) is 153 cm³/mol. The number of carbonyl (C=O) groups is 2. The van der Waals surface area contributed by atoms with E-state index in [1.165, 1.54) is 28.6 Å². The molecular weight excluding hydrogens is 524 g/mol. The molecule has 40 heavy (non-hydrogen) atoms. The molecule has 0 unspecified atom stereocenters. The zero-order chi connectivity index (χ0) is 27.7. The van der Waals surface area contributed by atoms with Crippen LogP contribution in [-0.2, 0) is 21.2 Å². The van der Waals surface area contributed by atoms with Crippen LogP contribution in [0.4, 0.5) is 5.69 Å². The lowest BCUT2D eigenvalue weighted by molar-refractivity contribution is 0.0280. The van der Waals surface area contributed by atoms with Crippen molar-refractivity contribution in [3.8, 4) is 0 Å². The number of carbonyl (C=O) groups excluding carboxylic acids is 2. The maximum Gasteiger partial charge on any atom is 0.339 e. The fraction of sp³-hybridized carbons (Fsp3) is 0.125. The number of esters is 1. The van der Waals surface area contributed by atoms with Gasteiger partial charge in [0.05, 0.1) is 16.1 Å². The molecule has 1 aromatic heterocycles. The zero-order valence-electron chi connectivity index (χ0n) is 21.5. The fourth-order valence-electron chi connectivity index (χ4n) is 5.13. The van der Waals surface area contributed by atoms with E-state index in [0.29, 0.717) is 23.4 Å². The molecule has 6 rings (SSSR count). The van der Waals surface area contributed by atoms with Gasteiger partial charge in [-0.05, 0) is 54.8 Å². The lowest BCUT2D eigenvalue weighted by Crippen LogP contribution is -2.35. The molecule has 0 amide bonds. The molecular formula is C32H26N2O5S. The summed E-state index contributed by atoms with van der Waals surface area (Å²) in [6.07, 6.45) is 2.00. The van der Waals surface area contributed by atoms with E-state index in [4.69, 9.17) is 4.74 Å². The number of benzene rings is 4. The third-order valence-corrected chi connectivity index (χ3v) is 8.99. The number of H-pyrrole nitrogens is 1. The second-order valence-electron chi connectivity index (χ2n) is 9.64. The third kappa shape index (κ3) is 4.67. The average molecular weight is 551 g/mol. The van der Waals surface area contributed by atoms with E-state index in [1.54, 1.807) is 30.5 Å². The number of nitrogens with one attached hydrogen (secondary N) is 1. The third-order valence-electron chi connectivity index (χ3n) is 7.17. The van der Waals surface area contributed by atoms with Crippen LogP contribution in [-0.4, -0.2) is 31.7 Å². The van der Waals surface area contributed by atoms with E-state index >= 15 is 0 Å². The van der Waals surface area contributed by atoms with Gasteiger partial charge in [0.15, 0.2) is 6.10 Å². The van der Waals surface area contributed by atoms with Crippen molar-refractivity contribution >= 4 is 38.4 Å². The topological polar surface area (TPSA) is 96.5 Å². The number of Topliss-reactive ketones (excluding diaryl/α,β-unsaturated/α-hetero) is 1. The van der Waals surface area contributed by atoms with Gasteiger partial charge in [-0.1, -0.05) is 66.7 Å². The molecule has 2 heterocycles. The summed E-state index contributed by atoms with van der Waals surface area (Å²) in [5.41, 5.74) is 3.57. The molecule has 1 aliphatic rings. The maximum atomic E-state index is 13.7. The highest BCUT2D eigenvalue weighted by molar-refractivity contribution is 7.92. The van der Waals surface area contributed by atoms with Crippen molar-refractivity contribution in [2.75, 3.05) is 10.8 Å². The van der Waals surface area contributed by atoms with Crippen LogP contribution in [0.2, 0.25) is 0 Å². The molecule has 4 aromatic carbocycles. The first-order valence-corrected chi connectivity index (χ1v) is 14.4. The number of anilines is 1. The molecule has 200 valence electrons. The summed E-state index contributed by atoms with van der Waals surface area (Å²) >= 11 is 0. The Labute approximate surface area is 232 Å². The van der Waals surface area contributed by atoms with Crippen LogP contribution in [0.15, 0.2) is 114 Å². The Hall–Kier alpha value is -4.69. The largest absolute Gasteiger partial charge is 0.445 e. The summed E-state index contributed by atoms with van der Waals surface area (Å²) in [5.74, 6) is -1.09. The van der Waals surface area contributed by atoms with Gasteiger partial charge in [-0.3, -0.25) is 9.10 Å². The highest BCUT2D eigenvalue weighted by Crippen LogP contribution is 2.32. The van der Waals surface area contributed by atoms with Gasteiger partial charge < -0.3 is 9.72 Å². The Balaban J connectivity index is 1.27. The zero-order valence-corrected chi connectivity index (χ0v) is 22.3. The number of ether oxygens (including phenoxy) is 1. The second kappa shape index (κ2) is 10.5. The number of aryl methyl sites for hydroxylation is 1. The predicted octanol–water partition coefficient (Wildman–Crippen LogP) is 6.09. The van der Waals surface area contributed by atoms with Crippen LogP contribution < -0.4 is 4.31 Å². The molecule has 0 saturated carbocycles. The van der Waals surface area contributed by atoms with Gasteiger partial charge >= 0.3 is 5.97 Å². The number of nitrogens with zero attached hydrogens (tertiary/aromatic N) is 1. The van der Waals surface area contributed by atoms with E-state index in [2.05, 4.69) is 4.98 Å². The van der Waals surface area contributed by atoms with E-state index in [0.717, 1.165) is 29.3 Å². The van der Waals surface area contributed by atoms with Crippen LogP contribution in [0.1, 0.15) is 44.4 Å². The van der Waals surface area contributed by atoms with Crippen molar-refractivity contribution in [2.24, 2.45) is 0 Å². The molecule has 1 atom stereocenters. The van der Waals surface area contributed by atoms with Crippen LogP contribution in [0.5, 0.6) is 0 Å². The van der Waals surface area contributed by atoms with Gasteiger partial charge in [0.25, 0.3) is 10.0 Å². The van der Waals surface area contributed by atoms with Crippen LogP contribution in [0, 0.1) is 0 Å². The van der Waals surface area contributed by atoms with Crippen molar-refractivity contribution in [1.29, 1.82) is 0 Å². The molecule has 1 aliphatic heterocycles. The Kier molecular flexibility index (Phi) is 6.69. The first-order chi connectivity index (χ1) is 19.4. The quantitative estimate of drug-likeness (QED) is 0.195. The minimum Gasteiger partial charge on any atom is -0.445 e. The number of aromatic nitrogens is 1. The van der Waals surface area contributed by atoms with E-state index < -0.39 is 22.1 Å². The summed E-state index contributed by atoms with van der Waals surface area (Å²) in [6, 6.07) is 29.4.